The van der Waals surface area contributed by atoms with Gasteiger partial charge in [0.1, 0.15) is 0 Å². The van der Waals surface area contributed by atoms with Crippen molar-refractivity contribution >= 4 is 5.91 Å². The van der Waals surface area contributed by atoms with Crippen LogP contribution in [0.2, 0.25) is 0 Å². The first-order chi connectivity index (χ1) is 6.25. The zero-order chi connectivity index (χ0) is 9.68. The van der Waals surface area contributed by atoms with Gasteiger partial charge in [0.05, 0.1) is 18.9 Å². The molecular formula is C7H10N4O2. The maximum Gasteiger partial charge on any atom is 0.255 e. The molecule has 1 heterocycles. The second-order valence-electron chi connectivity index (χ2n) is 2.54. The van der Waals surface area contributed by atoms with Crippen molar-refractivity contribution in [2.75, 3.05) is 26.3 Å². The Morgan fingerprint density at radius 1 is 1.54 bits per heavy atom. The molecule has 1 aliphatic heterocycles. The third-order valence-corrected chi connectivity index (χ3v) is 1.71. The maximum absolute atomic E-state index is 11.4. The Hall–Kier alpha value is -1.52. The molecule has 70 valence electrons. The van der Waals surface area contributed by atoms with Crippen LogP contribution in [0, 0.1) is 0 Å². The zero-order valence-electron chi connectivity index (χ0n) is 7.14. The molecule has 6 nitrogen and oxygen atoms in total. The van der Waals surface area contributed by atoms with Gasteiger partial charge in [0, 0.05) is 18.0 Å². The van der Waals surface area contributed by atoms with Crippen molar-refractivity contribution in [1.29, 1.82) is 0 Å². The number of hydrogen-bond donors (Lipinski definition) is 0. The smallest absolute Gasteiger partial charge is 0.255 e. The number of morpholine rings is 1. The quantitative estimate of drug-likeness (QED) is 0.272. The Morgan fingerprint density at radius 3 is 2.69 bits per heavy atom. The molecule has 1 fully saturated rings. The van der Waals surface area contributed by atoms with Gasteiger partial charge in [0.25, 0.3) is 5.91 Å². The highest BCUT2D eigenvalue weighted by Crippen LogP contribution is 2.04. The van der Waals surface area contributed by atoms with E-state index < -0.39 is 0 Å². The van der Waals surface area contributed by atoms with Crippen LogP contribution < -0.4 is 0 Å². The molecule has 0 unspecified atom stereocenters. The highest BCUT2D eigenvalue weighted by molar-refractivity contribution is 5.92. The van der Waals surface area contributed by atoms with Crippen molar-refractivity contribution in [3.05, 3.63) is 22.7 Å². The minimum Gasteiger partial charge on any atom is -0.378 e. The summed E-state index contributed by atoms with van der Waals surface area (Å²) < 4.78 is 5.06. The Balaban J connectivity index is 2.55. The molecule has 0 N–H and O–H groups in total. The van der Waals surface area contributed by atoms with Crippen molar-refractivity contribution in [3.8, 4) is 0 Å². The van der Waals surface area contributed by atoms with Gasteiger partial charge in [-0.1, -0.05) is 11.7 Å². The van der Waals surface area contributed by atoms with Crippen LogP contribution in [-0.2, 0) is 9.53 Å². The SMILES string of the molecule is C=C(N=[N+]=[N-])C(=O)N1CCOCC1. The van der Waals surface area contributed by atoms with Gasteiger partial charge < -0.3 is 9.64 Å². The molecule has 6 heteroatoms. The van der Waals surface area contributed by atoms with E-state index in [-0.39, 0.29) is 11.6 Å². The highest BCUT2D eigenvalue weighted by Gasteiger charge is 2.18. The third-order valence-electron chi connectivity index (χ3n) is 1.71. The van der Waals surface area contributed by atoms with E-state index in [4.69, 9.17) is 10.3 Å². The van der Waals surface area contributed by atoms with Gasteiger partial charge in [0.2, 0.25) is 0 Å². The van der Waals surface area contributed by atoms with E-state index in [0.29, 0.717) is 26.3 Å². The predicted molar refractivity (Wildman–Crippen MR) is 45.7 cm³/mol. The van der Waals surface area contributed by atoms with Crippen LogP contribution in [0.15, 0.2) is 17.4 Å². The van der Waals surface area contributed by atoms with Crippen LogP contribution in [0.1, 0.15) is 0 Å². The summed E-state index contributed by atoms with van der Waals surface area (Å²) in [5.41, 5.74) is 8.02. The minimum absolute atomic E-state index is 0.0654. The average molecular weight is 182 g/mol. The molecule has 1 aliphatic rings. The fourth-order valence-electron chi connectivity index (χ4n) is 1.05. The van der Waals surface area contributed by atoms with Crippen LogP contribution in [-0.4, -0.2) is 37.1 Å². The van der Waals surface area contributed by atoms with Crippen LogP contribution in [0.3, 0.4) is 0 Å². The summed E-state index contributed by atoms with van der Waals surface area (Å²) in [6.45, 7) is 5.47. The molecule has 0 aromatic carbocycles. The monoisotopic (exact) mass is 182 g/mol. The van der Waals surface area contributed by atoms with Gasteiger partial charge >= 0.3 is 0 Å². The number of carbonyl (C=O) groups is 1. The third kappa shape index (κ3) is 2.47. The normalized spacial score (nSPS) is 16.2. The lowest BCUT2D eigenvalue weighted by atomic mass is 10.3. The van der Waals surface area contributed by atoms with E-state index in [0.717, 1.165) is 0 Å². The van der Waals surface area contributed by atoms with Crippen LogP contribution in [0.25, 0.3) is 10.4 Å². The van der Waals surface area contributed by atoms with E-state index in [2.05, 4.69) is 16.6 Å². The molecule has 1 amide bonds. The molecule has 0 bridgehead atoms. The first-order valence-corrected chi connectivity index (χ1v) is 3.86. The second-order valence-corrected chi connectivity index (χ2v) is 2.54. The molecule has 0 spiro atoms. The van der Waals surface area contributed by atoms with Crippen LogP contribution in [0.5, 0.6) is 0 Å². The number of hydrogen-bond acceptors (Lipinski definition) is 3. The van der Waals surface area contributed by atoms with Crippen molar-refractivity contribution in [1.82, 2.24) is 4.90 Å². The Bertz CT molecular complexity index is 264. The van der Waals surface area contributed by atoms with Gasteiger partial charge in [-0.05, 0) is 5.53 Å². The number of nitrogens with zero attached hydrogens (tertiary/aromatic N) is 4. The second kappa shape index (κ2) is 4.49. The van der Waals surface area contributed by atoms with Crippen molar-refractivity contribution in [2.24, 2.45) is 5.11 Å². The van der Waals surface area contributed by atoms with Crippen molar-refractivity contribution in [3.63, 3.8) is 0 Å². The molecule has 0 aliphatic carbocycles. The molecular weight excluding hydrogens is 172 g/mol. The van der Waals surface area contributed by atoms with E-state index >= 15 is 0 Å². The van der Waals surface area contributed by atoms with E-state index in [1.54, 1.807) is 4.90 Å². The molecule has 13 heavy (non-hydrogen) atoms. The fraction of sp³-hybridized carbons (Fsp3) is 0.571. The number of ether oxygens (including phenoxy) is 1. The van der Waals surface area contributed by atoms with Crippen molar-refractivity contribution < 1.29 is 9.53 Å². The Labute approximate surface area is 75.4 Å². The molecule has 0 saturated carbocycles. The first kappa shape index (κ1) is 9.57. The predicted octanol–water partition coefficient (Wildman–Crippen LogP) is 0.669. The summed E-state index contributed by atoms with van der Waals surface area (Å²) in [6.07, 6.45) is 0. The van der Waals surface area contributed by atoms with E-state index in [9.17, 15) is 4.79 Å². The number of rotatable bonds is 2. The van der Waals surface area contributed by atoms with Crippen molar-refractivity contribution in [2.45, 2.75) is 0 Å². The minimum atomic E-state index is -0.318. The van der Waals surface area contributed by atoms with Gasteiger partial charge in [-0.25, -0.2) is 0 Å². The number of azide groups is 1. The Kier molecular flexibility index (Phi) is 3.31. The van der Waals surface area contributed by atoms with Gasteiger partial charge in [-0.3, -0.25) is 4.79 Å². The average Bonchev–Trinajstić information content (AvgIpc) is 2.18. The number of carbonyl (C=O) groups excluding carboxylic acids is 1. The summed E-state index contributed by atoms with van der Waals surface area (Å²) in [4.78, 5) is 15.4. The molecule has 0 radical (unpaired) electrons. The summed E-state index contributed by atoms with van der Waals surface area (Å²) in [6, 6.07) is 0. The summed E-state index contributed by atoms with van der Waals surface area (Å²) in [7, 11) is 0. The summed E-state index contributed by atoms with van der Waals surface area (Å²) in [5, 5.41) is 3.15. The molecule has 1 rings (SSSR count). The lowest BCUT2D eigenvalue weighted by molar-refractivity contribution is -0.131. The molecule has 0 aromatic heterocycles. The van der Waals surface area contributed by atoms with Gasteiger partial charge in [-0.2, -0.15) is 0 Å². The lowest BCUT2D eigenvalue weighted by Gasteiger charge is -2.26. The van der Waals surface area contributed by atoms with Gasteiger partial charge in [0.15, 0.2) is 0 Å². The maximum atomic E-state index is 11.4. The topological polar surface area (TPSA) is 78.3 Å². The Morgan fingerprint density at radius 2 is 2.15 bits per heavy atom. The van der Waals surface area contributed by atoms with E-state index in [1.165, 1.54) is 0 Å². The number of amides is 1. The summed E-state index contributed by atoms with van der Waals surface area (Å²) in [5.74, 6) is -0.318. The molecule has 0 aromatic rings. The van der Waals surface area contributed by atoms with Crippen LogP contribution >= 0.6 is 0 Å². The largest absolute Gasteiger partial charge is 0.378 e. The highest BCUT2D eigenvalue weighted by atomic mass is 16.5. The summed E-state index contributed by atoms with van der Waals surface area (Å²) >= 11 is 0. The first-order valence-electron chi connectivity index (χ1n) is 3.86. The zero-order valence-corrected chi connectivity index (χ0v) is 7.14. The fourth-order valence-corrected chi connectivity index (χ4v) is 1.05. The molecule has 1 saturated heterocycles. The lowest BCUT2D eigenvalue weighted by Crippen LogP contribution is -2.40. The standard InChI is InChI=1S/C7H10N4O2/c1-6(9-10-8)7(12)11-2-4-13-5-3-11/h1-5H2. The molecule has 0 atom stereocenters. The van der Waals surface area contributed by atoms with Gasteiger partial charge in [-0.15, -0.1) is 0 Å². The van der Waals surface area contributed by atoms with E-state index in [1.807, 2.05) is 0 Å². The van der Waals surface area contributed by atoms with Crippen LogP contribution in [0.4, 0.5) is 0 Å².